The molecule has 0 bridgehead atoms. The van der Waals surface area contributed by atoms with Crippen LogP contribution in [0.25, 0.3) is 0 Å². The van der Waals surface area contributed by atoms with Crippen LogP contribution in [0.15, 0.2) is 0 Å². The lowest BCUT2D eigenvalue weighted by Crippen LogP contribution is -2.42. The van der Waals surface area contributed by atoms with Crippen molar-refractivity contribution in [1.82, 2.24) is 10.2 Å². The van der Waals surface area contributed by atoms with E-state index in [1.165, 1.54) is 32.2 Å². The highest BCUT2D eigenvalue weighted by Crippen LogP contribution is 2.27. The molecule has 0 aliphatic heterocycles. The van der Waals surface area contributed by atoms with Crippen LogP contribution in [-0.4, -0.2) is 37.6 Å². The second-order valence-electron chi connectivity index (χ2n) is 5.68. The van der Waals surface area contributed by atoms with E-state index in [1.54, 1.807) is 0 Å². The molecule has 0 aromatic rings. The summed E-state index contributed by atoms with van der Waals surface area (Å²) in [6.45, 7) is 10.4. The minimum absolute atomic E-state index is 0.763. The van der Waals surface area contributed by atoms with Crippen molar-refractivity contribution in [2.24, 2.45) is 11.8 Å². The lowest BCUT2D eigenvalue weighted by molar-refractivity contribution is 0.124. The summed E-state index contributed by atoms with van der Waals surface area (Å²) in [6, 6.07) is 0.831. The Labute approximate surface area is 102 Å². The number of rotatable bonds is 6. The third-order valence-corrected chi connectivity index (χ3v) is 3.97. The zero-order valence-electron chi connectivity index (χ0n) is 11.6. The van der Waals surface area contributed by atoms with Gasteiger partial charge in [0, 0.05) is 12.6 Å². The summed E-state index contributed by atoms with van der Waals surface area (Å²) in [5.74, 6) is 1.66. The van der Waals surface area contributed by atoms with Gasteiger partial charge in [-0.05, 0) is 44.8 Å². The molecule has 0 aromatic carbocycles. The second-order valence-corrected chi connectivity index (χ2v) is 5.68. The standard InChI is InChI=1S/C14H30N2/c1-5-15-10-12(2)11-16(4)14-9-7-6-8-13(14)3/h12-15H,5-11H2,1-4H3. The Morgan fingerprint density at radius 1 is 1.31 bits per heavy atom. The second kappa shape index (κ2) is 7.29. The van der Waals surface area contributed by atoms with E-state index in [0.717, 1.165) is 31.0 Å². The molecule has 1 aliphatic carbocycles. The van der Waals surface area contributed by atoms with Crippen LogP contribution in [0.4, 0.5) is 0 Å². The maximum atomic E-state index is 3.44. The molecule has 3 atom stereocenters. The fourth-order valence-corrected chi connectivity index (χ4v) is 3.03. The molecule has 0 spiro atoms. The summed E-state index contributed by atoms with van der Waals surface area (Å²) in [7, 11) is 2.31. The Morgan fingerprint density at radius 2 is 2.00 bits per heavy atom. The molecule has 1 rings (SSSR count). The van der Waals surface area contributed by atoms with Gasteiger partial charge in [-0.2, -0.15) is 0 Å². The lowest BCUT2D eigenvalue weighted by Gasteiger charge is -2.37. The van der Waals surface area contributed by atoms with Crippen molar-refractivity contribution < 1.29 is 0 Å². The van der Waals surface area contributed by atoms with Gasteiger partial charge < -0.3 is 10.2 Å². The van der Waals surface area contributed by atoms with E-state index < -0.39 is 0 Å². The first-order valence-corrected chi connectivity index (χ1v) is 7.06. The smallest absolute Gasteiger partial charge is 0.0118 e. The normalized spacial score (nSPS) is 28.3. The molecular weight excluding hydrogens is 196 g/mol. The highest BCUT2D eigenvalue weighted by atomic mass is 15.1. The first kappa shape index (κ1) is 14.0. The Bertz CT molecular complexity index is 182. The SMILES string of the molecule is CCNCC(C)CN(C)C1CCCCC1C. The molecule has 0 saturated heterocycles. The topological polar surface area (TPSA) is 15.3 Å². The molecule has 1 aliphatic rings. The van der Waals surface area contributed by atoms with Crippen LogP contribution in [0.3, 0.4) is 0 Å². The molecule has 0 amide bonds. The minimum atomic E-state index is 0.763. The number of nitrogens with one attached hydrogen (secondary N) is 1. The van der Waals surface area contributed by atoms with Crippen molar-refractivity contribution >= 4 is 0 Å². The molecule has 1 N–H and O–H groups in total. The van der Waals surface area contributed by atoms with E-state index in [0.29, 0.717) is 0 Å². The summed E-state index contributed by atoms with van der Waals surface area (Å²) in [5.41, 5.74) is 0. The van der Waals surface area contributed by atoms with Gasteiger partial charge in [0.25, 0.3) is 0 Å². The van der Waals surface area contributed by atoms with Gasteiger partial charge >= 0.3 is 0 Å². The number of nitrogens with zero attached hydrogens (tertiary/aromatic N) is 1. The summed E-state index contributed by atoms with van der Waals surface area (Å²) in [6.07, 6.45) is 5.71. The third-order valence-electron chi connectivity index (χ3n) is 3.97. The summed E-state index contributed by atoms with van der Waals surface area (Å²) >= 11 is 0. The van der Waals surface area contributed by atoms with Crippen LogP contribution in [0.2, 0.25) is 0 Å². The molecule has 1 fully saturated rings. The monoisotopic (exact) mass is 226 g/mol. The van der Waals surface area contributed by atoms with Gasteiger partial charge in [0.05, 0.1) is 0 Å². The maximum absolute atomic E-state index is 3.44. The Balaban J connectivity index is 2.29. The van der Waals surface area contributed by atoms with E-state index >= 15 is 0 Å². The molecule has 2 nitrogen and oxygen atoms in total. The number of hydrogen-bond donors (Lipinski definition) is 1. The summed E-state index contributed by atoms with van der Waals surface area (Å²) in [4.78, 5) is 2.60. The average Bonchev–Trinajstić information content (AvgIpc) is 2.26. The van der Waals surface area contributed by atoms with E-state index in [9.17, 15) is 0 Å². The molecule has 96 valence electrons. The molecule has 16 heavy (non-hydrogen) atoms. The highest BCUT2D eigenvalue weighted by molar-refractivity contribution is 4.80. The minimum Gasteiger partial charge on any atom is -0.317 e. The Morgan fingerprint density at radius 3 is 2.62 bits per heavy atom. The van der Waals surface area contributed by atoms with E-state index in [1.807, 2.05) is 0 Å². The van der Waals surface area contributed by atoms with E-state index in [-0.39, 0.29) is 0 Å². The van der Waals surface area contributed by atoms with Crippen LogP contribution in [0.1, 0.15) is 46.5 Å². The van der Waals surface area contributed by atoms with Crippen LogP contribution in [-0.2, 0) is 0 Å². The zero-order chi connectivity index (χ0) is 12.0. The first-order valence-electron chi connectivity index (χ1n) is 7.06. The van der Waals surface area contributed by atoms with Gasteiger partial charge in [-0.3, -0.25) is 0 Å². The van der Waals surface area contributed by atoms with Crippen molar-refractivity contribution in [2.45, 2.75) is 52.5 Å². The molecular formula is C14H30N2. The van der Waals surface area contributed by atoms with Gasteiger partial charge in [-0.1, -0.05) is 33.6 Å². The van der Waals surface area contributed by atoms with Crippen molar-refractivity contribution in [3.05, 3.63) is 0 Å². The molecule has 0 heterocycles. The van der Waals surface area contributed by atoms with E-state index in [2.05, 4.69) is 38.0 Å². The van der Waals surface area contributed by atoms with Crippen LogP contribution < -0.4 is 5.32 Å². The van der Waals surface area contributed by atoms with Crippen LogP contribution in [0.5, 0.6) is 0 Å². The molecule has 2 heteroatoms. The maximum Gasteiger partial charge on any atom is 0.0118 e. The molecule has 0 radical (unpaired) electrons. The molecule has 0 aromatic heterocycles. The third kappa shape index (κ3) is 4.42. The zero-order valence-corrected chi connectivity index (χ0v) is 11.6. The molecule has 1 saturated carbocycles. The Hall–Kier alpha value is -0.0800. The summed E-state index contributed by atoms with van der Waals surface area (Å²) in [5, 5.41) is 3.44. The van der Waals surface area contributed by atoms with Gasteiger partial charge in [0.15, 0.2) is 0 Å². The predicted molar refractivity (Wildman–Crippen MR) is 71.8 cm³/mol. The van der Waals surface area contributed by atoms with Crippen molar-refractivity contribution in [1.29, 1.82) is 0 Å². The fraction of sp³-hybridized carbons (Fsp3) is 1.00. The van der Waals surface area contributed by atoms with E-state index in [4.69, 9.17) is 0 Å². The van der Waals surface area contributed by atoms with Gasteiger partial charge in [-0.25, -0.2) is 0 Å². The quantitative estimate of drug-likeness (QED) is 0.749. The lowest BCUT2D eigenvalue weighted by atomic mass is 9.85. The fourth-order valence-electron chi connectivity index (χ4n) is 3.03. The average molecular weight is 226 g/mol. The number of hydrogen-bond acceptors (Lipinski definition) is 2. The van der Waals surface area contributed by atoms with Gasteiger partial charge in [0.1, 0.15) is 0 Å². The van der Waals surface area contributed by atoms with Crippen molar-refractivity contribution in [3.8, 4) is 0 Å². The van der Waals surface area contributed by atoms with Crippen LogP contribution >= 0.6 is 0 Å². The van der Waals surface area contributed by atoms with Gasteiger partial charge in [-0.15, -0.1) is 0 Å². The van der Waals surface area contributed by atoms with Gasteiger partial charge in [0.2, 0.25) is 0 Å². The Kier molecular flexibility index (Phi) is 6.37. The highest BCUT2D eigenvalue weighted by Gasteiger charge is 2.25. The van der Waals surface area contributed by atoms with Crippen LogP contribution in [0, 0.1) is 11.8 Å². The predicted octanol–water partition coefficient (Wildman–Crippen LogP) is 2.74. The summed E-state index contributed by atoms with van der Waals surface area (Å²) < 4.78 is 0. The molecule has 3 unspecified atom stereocenters. The van der Waals surface area contributed by atoms with Crippen molar-refractivity contribution in [2.75, 3.05) is 26.7 Å². The largest absolute Gasteiger partial charge is 0.317 e. The van der Waals surface area contributed by atoms with Crippen molar-refractivity contribution in [3.63, 3.8) is 0 Å². The first-order chi connectivity index (χ1) is 7.65.